The Labute approximate surface area is 179 Å². The van der Waals surface area contributed by atoms with Crippen molar-refractivity contribution in [2.75, 3.05) is 6.61 Å². The van der Waals surface area contributed by atoms with E-state index < -0.39 is 11.7 Å². The fourth-order valence-corrected chi connectivity index (χ4v) is 3.38. The number of nitrogens with two attached hydrogens (primary N) is 1. The molecule has 1 heterocycles. The molecule has 0 aromatic heterocycles. The average molecular weight is 421 g/mol. The summed E-state index contributed by atoms with van der Waals surface area (Å²) in [4.78, 5) is 23.9. The molecule has 1 saturated heterocycles. The Morgan fingerprint density at radius 3 is 2.60 bits per heavy atom. The van der Waals surface area contributed by atoms with Gasteiger partial charge in [-0.2, -0.15) is 0 Å². The zero-order chi connectivity index (χ0) is 22.5. The predicted octanol–water partition coefficient (Wildman–Crippen LogP) is 3.70. The van der Waals surface area contributed by atoms with Gasteiger partial charge in [-0.3, -0.25) is 4.79 Å². The highest BCUT2D eigenvalue weighted by Gasteiger charge is 2.39. The van der Waals surface area contributed by atoms with Crippen LogP contribution in [0.2, 0.25) is 0 Å². The summed E-state index contributed by atoms with van der Waals surface area (Å²) < 4.78 is 16.5. The highest BCUT2D eigenvalue weighted by atomic mass is 16.6. The van der Waals surface area contributed by atoms with E-state index in [0.29, 0.717) is 19.6 Å². The molecule has 1 aliphatic heterocycles. The average Bonchev–Trinajstić information content (AvgIpc) is 3.02. The maximum Gasteiger partial charge on any atom is 0.408 e. The van der Waals surface area contributed by atoms with Gasteiger partial charge in [-0.05, 0) is 51.2 Å². The zero-order valence-corrected chi connectivity index (χ0v) is 18.9. The molecular weight excluding hydrogens is 384 g/mol. The molecule has 0 radical (unpaired) electrons. The van der Waals surface area contributed by atoms with E-state index in [2.05, 4.69) is 5.32 Å². The summed E-state index contributed by atoms with van der Waals surface area (Å²) in [6.07, 6.45) is -0.104. The minimum absolute atomic E-state index is 0.0864. The van der Waals surface area contributed by atoms with Gasteiger partial charge in [-0.1, -0.05) is 38.1 Å². The third-order valence-corrected chi connectivity index (χ3v) is 5.10. The highest BCUT2D eigenvalue weighted by Crippen LogP contribution is 2.29. The van der Waals surface area contributed by atoms with Crippen molar-refractivity contribution in [3.8, 4) is 0 Å². The smallest absolute Gasteiger partial charge is 0.408 e. The first-order valence-corrected chi connectivity index (χ1v) is 10.6. The van der Waals surface area contributed by atoms with Crippen molar-refractivity contribution < 1.29 is 23.8 Å². The maximum atomic E-state index is 12.0. The largest absolute Gasteiger partial charge is 0.460 e. The van der Waals surface area contributed by atoms with Crippen LogP contribution in [0.3, 0.4) is 0 Å². The molecule has 30 heavy (non-hydrogen) atoms. The van der Waals surface area contributed by atoms with Crippen LogP contribution < -0.4 is 11.1 Å². The van der Waals surface area contributed by atoms with Gasteiger partial charge in [-0.25, -0.2) is 4.79 Å². The number of hydrogen-bond donors (Lipinski definition) is 2. The summed E-state index contributed by atoms with van der Waals surface area (Å²) in [7, 11) is 0. The van der Waals surface area contributed by atoms with Gasteiger partial charge in [0.15, 0.2) is 0 Å². The molecule has 7 heteroatoms. The van der Waals surface area contributed by atoms with Crippen LogP contribution in [0.1, 0.15) is 65.1 Å². The fraction of sp³-hybridized carbons (Fsp3) is 0.652. The number of cyclic esters (lactones) is 1. The van der Waals surface area contributed by atoms with Crippen molar-refractivity contribution in [1.82, 2.24) is 5.32 Å². The minimum atomic E-state index is -0.541. The third kappa shape index (κ3) is 7.29. The van der Waals surface area contributed by atoms with Crippen LogP contribution in [0.15, 0.2) is 24.3 Å². The Kier molecular flexibility index (Phi) is 8.26. The fourth-order valence-electron chi connectivity index (χ4n) is 3.38. The second-order valence-electron chi connectivity index (χ2n) is 9.35. The number of nitrogens with one attached hydrogen (secondary N) is 1. The van der Waals surface area contributed by atoms with Gasteiger partial charge in [0, 0.05) is 0 Å². The Morgan fingerprint density at radius 2 is 2.00 bits per heavy atom. The first-order chi connectivity index (χ1) is 14.0. The number of hydrogen-bond acceptors (Lipinski definition) is 6. The number of carbonyl (C=O) groups excluding carboxylic acids is 2. The minimum Gasteiger partial charge on any atom is -0.460 e. The van der Waals surface area contributed by atoms with Gasteiger partial charge in [-0.15, -0.1) is 0 Å². The number of esters is 1. The summed E-state index contributed by atoms with van der Waals surface area (Å²) in [5, 5.41) is 2.84. The second-order valence-corrected chi connectivity index (χ2v) is 9.35. The first kappa shape index (κ1) is 24.2. The number of carbonyl (C=O) groups is 2. The van der Waals surface area contributed by atoms with Gasteiger partial charge in [0.05, 0.1) is 31.2 Å². The van der Waals surface area contributed by atoms with Gasteiger partial charge >= 0.3 is 12.1 Å². The van der Waals surface area contributed by atoms with E-state index in [9.17, 15) is 9.59 Å². The van der Waals surface area contributed by atoms with Crippen LogP contribution in [0, 0.1) is 11.8 Å². The van der Waals surface area contributed by atoms with Crippen molar-refractivity contribution in [3.05, 3.63) is 35.4 Å². The molecule has 0 aliphatic carbocycles. The van der Waals surface area contributed by atoms with E-state index in [0.717, 1.165) is 11.1 Å². The number of alkyl carbamates (subject to hydrolysis) is 1. The molecule has 3 N–H and O–H groups in total. The summed E-state index contributed by atoms with van der Waals surface area (Å²) >= 11 is 0. The van der Waals surface area contributed by atoms with Crippen LogP contribution in [0.4, 0.5) is 4.79 Å². The Balaban J connectivity index is 1.83. The number of benzene rings is 1. The van der Waals surface area contributed by atoms with Gasteiger partial charge in [0.25, 0.3) is 0 Å². The van der Waals surface area contributed by atoms with E-state index in [1.54, 1.807) is 0 Å². The van der Waals surface area contributed by atoms with Gasteiger partial charge in [0.2, 0.25) is 0 Å². The van der Waals surface area contributed by atoms with E-state index >= 15 is 0 Å². The lowest BCUT2D eigenvalue weighted by Gasteiger charge is -2.22. The molecule has 2 rings (SSSR count). The molecular formula is C23H36N2O5. The lowest BCUT2D eigenvalue weighted by atomic mass is 9.91. The standard InChI is InChI=1S/C23H36N2O5/c1-14(2)18-11-20(29-21(18)26)19(24)13-28-12-16-8-7-9-17(10-16)15(3)25-22(27)30-23(4,5)6/h7-10,14-15,18-20H,11-13,24H2,1-6H3,(H,25,27). The van der Waals surface area contributed by atoms with Crippen molar-refractivity contribution in [3.63, 3.8) is 0 Å². The van der Waals surface area contributed by atoms with Crippen LogP contribution in [0.25, 0.3) is 0 Å². The van der Waals surface area contributed by atoms with Gasteiger partial charge < -0.3 is 25.3 Å². The van der Waals surface area contributed by atoms with E-state index in [1.165, 1.54) is 0 Å². The Morgan fingerprint density at radius 1 is 1.30 bits per heavy atom. The van der Waals surface area contributed by atoms with Crippen LogP contribution in [-0.2, 0) is 25.6 Å². The maximum absolute atomic E-state index is 12.0. The van der Waals surface area contributed by atoms with Gasteiger partial charge in [0.1, 0.15) is 11.7 Å². The molecule has 1 amide bonds. The molecule has 1 aliphatic rings. The molecule has 4 atom stereocenters. The molecule has 1 aromatic carbocycles. The third-order valence-electron chi connectivity index (χ3n) is 5.10. The molecule has 1 fully saturated rings. The SMILES string of the molecule is CC(NC(=O)OC(C)(C)C)c1cccc(COCC(N)C2CC(C(C)C)C(=O)O2)c1. The van der Waals surface area contributed by atoms with Crippen molar-refractivity contribution >= 4 is 12.1 Å². The van der Waals surface area contributed by atoms with Crippen molar-refractivity contribution in [2.45, 2.75) is 78.4 Å². The molecule has 168 valence electrons. The molecule has 1 aromatic rings. The number of amides is 1. The monoisotopic (exact) mass is 420 g/mol. The first-order valence-electron chi connectivity index (χ1n) is 10.6. The van der Waals surface area contributed by atoms with Crippen molar-refractivity contribution in [1.29, 1.82) is 0 Å². The Bertz CT molecular complexity index is 729. The van der Waals surface area contributed by atoms with Crippen molar-refractivity contribution in [2.24, 2.45) is 17.6 Å². The molecule has 7 nitrogen and oxygen atoms in total. The highest BCUT2D eigenvalue weighted by molar-refractivity contribution is 5.75. The molecule has 4 unspecified atom stereocenters. The zero-order valence-electron chi connectivity index (χ0n) is 18.9. The lowest BCUT2D eigenvalue weighted by molar-refractivity contribution is -0.146. The van der Waals surface area contributed by atoms with Crippen LogP contribution >= 0.6 is 0 Å². The normalized spacial score (nSPS) is 21.3. The number of rotatable bonds is 8. The van der Waals surface area contributed by atoms with Crippen LogP contribution in [0.5, 0.6) is 0 Å². The summed E-state index contributed by atoms with van der Waals surface area (Å²) in [6.45, 7) is 12.1. The predicted molar refractivity (Wildman–Crippen MR) is 115 cm³/mol. The molecule has 0 saturated carbocycles. The Hall–Kier alpha value is -2.12. The second kappa shape index (κ2) is 10.3. The topological polar surface area (TPSA) is 99.9 Å². The summed E-state index contributed by atoms with van der Waals surface area (Å²) in [6, 6.07) is 7.26. The quantitative estimate of drug-likeness (QED) is 0.622. The molecule has 0 bridgehead atoms. The van der Waals surface area contributed by atoms with Crippen LogP contribution in [-0.4, -0.2) is 36.4 Å². The number of ether oxygens (including phenoxy) is 3. The van der Waals surface area contributed by atoms with E-state index in [-0.39, 0.29) is 36.0 Å². The molecule has 0 spiro atoms. The summed E-state index contributed by atoms with van der Waals surface area (Å²) in [5.41, 5.74) is 7.57. The summed E-state index contributed by atoms with van der Waals surface area (Å²) in [5.74, 6) is -0.00374. The lowest BCUT2D eigenvalue weighted by Crippen LogP contribution is -2.38. The van der Waals surface area contributed by atoms with E-state index in [1.807, 2.05) is 65.8 Å². The van der Waals surface area contributed by atoms with E-state index in [4.69, 9.17) is 19.9 Å².